The molecule has 0 unspecified atom stereocenters. The van der Waals surface area contributed by atoms with Crippen molar-refractivity contribution in [3.8, 4) is 0 Å². The highest BCUT2D eigenvalue weighted by molar-refractivity contribution is 9.10. The highest BCUT2D eigenvalue weighted by atomic mass is 79.9. The fourth-order valence-electron chi connectivity index (χ4n) is 4.40. The summed E-state index contributed by atoms with van der Waals surface area (Å²) in [4.78, 5) is 2.33. The SMILES string of the molecule is C=Cc1ccc(N(c2ccc3ccccc3c2)c2ccc3sc4cc(Br)ccc4c3c2)cc1. The van der Waals surface area contributed by atoms with E-state index < -0.39 is 0 Å². The van der Waals surface area contributed by atoms with Gasteiger partial charge in [-0.3, -0.25) is 0 Å². The molecule has 3 heteroatoms. The normalized spacial score (nSPS) is 11.3. The monoisotopic (exact) mass is 505 g/mol. The lowest BCUT2D eigenvalue weighted by atomic mass is 10.1. The molecular formula is C30H20BrNS. The average molecular weight is 506 g/mol. The van der Waals surface area contributed by atoms with E-state index in [0.717, 1.165) is 27.1 Å². The third kappa shape index (κ3) is 3.64. The van der Waals surface area contributed by atoms with Crippen molar-refractivity contribution in [2.75, 3.05) is 4.90 Å². The molecule has 1 aromatic heterocycles. The number of nitrogens with zero attached hydrogens (tertiary/aromatic N) is 1. The van der Waals surface area contributed by atoms with Crippen LogP contribution in [-0.2, 0) is 0 Å². The van der Waals surface area contributed by atoms with Crippen molar-refractivity contribution in [2.45, 2.75) is 0 Å². The molecule has 33 heavy (non-hydrogen) atoms. The molecule has 0 atom stereocenters. The summed E-state index contributed by atoms with van der Waals surface area (Å²) in [7, 11) is 0. The lowest BCUT2D eigenvalue weighted by Gasteiger charge is -2.26. The topological polar surface area (TPSA) is 3.24 Å². The molecule has 6 rings (SSSR count). The van der Waals surface area contributed by atoms with Crippen LogP contribution in [0.4, 0.5) is 17.1 Å². The predicted molar refractivity (Wildman–Crippen MR) is 149 cm³/mol. The van der Waals surface area contributed by atoms with Crippen LogP contribution in [0.1, 0.15) is 5.56 Å². The number of benzene rings is 5. The minimum absolute atomic E-state index is 1.11. The molecule has 0 amide bonds. The summed E-state index contributed by atoms with van der Waals surface area (Å²) in [5.74, 6) is 0. The van der Waals surface area contributed by atoms with E-state index in [0.29, 0.717) is 0 Å². The third-order valence-corrected chi connectivity index (χ3v) is 7.68. The highest BCUT2D eigenvalue weighted by Crippen LogP contribution is 2.41. The van der Waals surface area contributed by atoms with Crippen molar-refractivity contribution in [3.05, 3.63) is 120 Å². The molecule has 0 bridgehead atoms. The van der Waals surface area contributed by atoms with Gasteiger partial charge < -0.3 is 4.90 Å². The van der Waals surface area contributed by atoms with Crippen LogP contribution in [0.15, 0.2) is 114 Å². The van der Waals surface area contributed by atoms with Crippen LogP contribution >= 0.6 is 27.3 Å². The van der Waals surface area contributed by atoms with Crippen molar-refractivity contribution in [1.29, 1.82) is 0 Å². The summed E-state index contributed by atoms with van der Waals surface area (Å²) >= 11 is 5.45. The smallest absolute Gasteiger partial charge is 0.0468 e. The quantitative estimate of drug-likeness (QED) is 0.230. The van der Waals surface area contributed by atoms with E-state index in [2.05, 4.69) is 131 Å². The lowest BCUT2D eigenvalue weighted by Crippen LogP contribution is -2.09. The first kappa shape index (κ1) is 20.2. The molecule has 0 saturated carbocycles. The Bertz CT molecular complexity index is 1650. The van der Waals surface area contributed by atoms with E-state index in [1.807, 2.05) is 17.4 Å². The van der Waals surface area contributed by atoms with Crippen molar-refractivity contribution in [2.24, 2.45) is 0 Å². The van der Waals surface area contributed by atoms with Gasteiger partial charge in [0.2, 0.25) is 0 Å². The molecule has 0 radical (unpaired) electrons. The molecule has 0 aliphatic carbocycles. The highest BCUT2D eigenvalue weighted by Gasteiger charge is 2.15. The van der Waals surface area contributed by atoms with E-state index in [1.54, 1.807) is 0 Å². The van der Waals surface area contributed by atoms with Gasteiger partial charge in [-0.1, -0.05) is 77.1 Å². The Morgan fingerprint density at radius 3 is 2.18 bits per heavy atom. The predicted octanol–water partition coefficient (Wildman–Crippen LogP) is 10.1. The van der Waals surface area contributed by atoms with Gasteiger partial charge in [-0.25, -0.2) is 0 Å². The molecule has 0 spiro atoms. The van der Waals surface area contributed by atoms with Crippen molar-refractivity contribution >= 4 is 81.3 Å². The van der Waals surface area contributed by atoms with Gasteiger partial charge in [0, 0.05) is 41.7 Å². The van der Waals surface area contributed by atoms with E-state index in [-0.39, 0.29) is 0 Å². The number of fused-ring (bicyclic) bond motifs is 4. The second kappa shape index (κ2) is 8.18. The van der Waals surface area contributed by atoms with Crippen LogP contribution in [0, 0.1) is 0 Å². The van der Waals surface area contributed by atoms with Crippen molar-refractivity contribution < 1.29 is 0 Å². The first-order chi connectivity index (χ1) is 16.2. The molecule has 0 saturated heterocycles. The first-order valence-electron chi connectivity index (χ1n) is 10.8. The van der Waals surface area contributed by atoms with Gasteiger partial charge in [0.25, 0.3) is 0 Å². The van der Waals surface area contributed by atoms with Crippen LogP contribution in [0.25, 0.3) is 37.0 Å². The third-order valence-electron chi connectivity index (χ3n) is 6.05. The maximum atomic E-state index is 3.90. The van der Waals surface area contributed by atoms with E-state index in [9.17, 15) is 0 Å². The largest absolute Gasteiger partial charge is 0.310 e. The van der Waals surface area contributed by atoms with Crippen LogP contribution in [0.2, 0.25) is 0 Å². The minimum Gasteiger partial charge on any atom is -0.310 e. The van der Waals surface area contributed by atoms with Gasteiger partial charge >= 0.3 is 0 Å². The standard InChI is InChI=1S/C30H20BrNS/c1-2-20-7-11-24(12-8-20)32(25-13-9-21-5-3-4-6-22(21)17-25)26-14-16-29-28(19-26)27-15-10-23(31)18-30(27)33-29/h2-19H,1H2. The zero-order valence-electron chi connectivity index (χ0n) is 17.8. The molecule has 0 aliphatic rings. The Kier molecular flexibility index (Phi) is 5.01. The maximum absolute atomic E-state index is 3.90. The Labute approximate surface area is 205 Å². The Hall–Kier alpha value is -3.40. The Morgan fingerprint density at radius 2 is 1.36 bits per heavy atom. The lowest BCUT2D eigenvalue weighted by molar-refractivity contribution is 1.29. The number of thiophene rings is 1. The summed E-state index contributed by atoms with van der Waals surface area (Å²) in [5.41, 5.74) is 4.52. The minimum atomic E-state index is 1.11. The first-order valence-corrected chi connectivity index (χ1v) is 12.4. The van der Waals surface area contributed by atoms with E-state index in [1.165, 1.54) is 30.9 Å². The van der Waals surface area contributed by atoms with E-state index >= 15 is 0 Å². The second-order valence-corrected chi connectivity index (χ2v) is 10.1. The van der Waals surface area contributed by atoms with Crippen LogP contribution in [0.3, 0.4) is 0 Å². The van der Waals surface area contributed by atoms with Gasteiger partial charge in [0.05, 0.1) is 0 Å². The molecule has 158 valence electrons. The number of halogens is 1. The number of rotatable bonds is 4. The molecule has 5 aromatic carbocycles. The summed E-state index contributed by atoms with van der Waals surface area (Å²) in [6.45, 7) is 3.90. The molecule has 0 N–H and O–H groups in total. The molecule has 0 fully saturated rings. The fourth-order valence-corrected chi connectivity index (χ4v) is 6.04. The zero-order chi connectivity index (χ0) is 22.4. The Balaban J connectivity index is 1.57. The van der Waals surface area contributed by atoms with Crippen LogP contribution in [0.5, 0.6) is 0 Å². The van der Waals surface area contributed by atoms with Gasteiger partial charge in [0.1, 0.15) is 0 Å². The molecule has 6 aromatic rings. The van der Waals surface area contributed by atoms with Gasteiger partial charge in [-0.15, -0.1) is 11.3 Å². The van der Waals surface area contributed by atoms with Crippen LogP contribution < -0.4 is 4.90 Å². The average Bonchev–Trinajstić information content (AvgIpc) is 3.21. The van der Waals surface area contributed by atoms with Gasteiger partial charge in [-0.2, -0.15) is 0 Å². The number of hydrogen-bond acceptors (Lipinski definition) is 2. The zero-order valence-corrected chi connectivity index (χ0v) is 20.2. The number of anilines is 3. The van der Waals surface area contributed by atoms with Crippen LogP contribution in [-0.4, -0.2) is 0 Å². The summed E-state index contributed by atoms with van der Waals surface area (Å²) in [6, 6.07) is 37.1. The molecule has 1 heterocycles. The molecule has 0 aliphatic heterocycles. The second-order valence-electron chi connectivity index (χ2n) is 8.09. The van der Waals surface area contributed by atoms with E-state index in [4.69, 9.17) is 0 Å². The molecular weight excluding hydrogens is 486 g/mol. The van der Waals surface area contributed by atoms with Crippen molar-refractivity contribution in [3.63, 3.8) is 0 Å². The number of hydrogen-bond donors (Lipinski definition) is 0. The summed E-state index contributed by atoms with van der Waals surface area (Å²) in [6.07, 6.45) is 1.88. The Morgan fingerprint density at radius 1 is 0.636 bits per heavy atom. The maximum Gasteiger partial charge on any atom is 0.0468 e. The summed E-state index contributed by atoms with van der Waals surface area (Å²) < 4.78 is 3.71. The fraction of sp³-hybridized carbons (Fsp3) is 0. The van der Waals surface area contributed by atoms with Gasteiger partial charge in [0.15, 0.2) is 0 Å². The summed E-state index contributed by atoms with van der Waals surface area (Å²) in [5, 5.41) is 5.05. The molecule has 1 nitrogen and oxygen atoms in total. The van der Waals surface area contributed by atoms with Gasteiger partial charge in [-0.05, 0) is 70.9 Å². The van der Waals surface area contributed by atoms with Crippen molar-refractivity contribution in [1.82, 2.24) is 0 Å².